The van der Waals surface area contributed by atoms with Gasteiger partial charge in [0.15, 0.2) is 0 Å². The Hall–Kier alpha value is -2.27. The van der Waals surface area contributed by atoms with Crippen molar-refractivity contribution in [2.75, 3.05) is 25.0 Å². The molecule has 0 radical (unpaired) electrons. The van der Waals surface area contributed by atoms with Gasteiger partial charge >= 0.3 is 12.2 Å². The summed E-state index contributed by atoms with van der Waals surface area (Å²) in [6.07, 6.45) is -3.12. The normalized spacial score (nSPS) is 18.4. The lowest BCUT2D eigenvalue weighted by Crippen LogP contribution is -2.43. The Bertz CT molecular complexity index is 625. The quantitative estimate of drug-likeness (QED) is 0.877. The van der Waals surface area contributed by atoms with E-state index in [2.05, 4.69) is 5.32 Å². The third-order valence-corrected chi connectivity index (χ3v) is 3.76. The van der Waals surface area contributed by atoms with Gasteiger partial charge in [-0.1, -0.05) is 0 Å². The van der Waals surface area contributed by atoms with Gasteiger partial charge < -0.3 is 15.3 Å². The number of amides is 2. The summed E-state index contributed by atoms with van der Waals surface area (Å²) in [5.41, 5.74) is -1.59. The highest BCUT2D eigenvalue weighted by molar-refractivity contribution is 5.89. The van der Waals surface area contributed by atoms with E-state index in [0.29, 0.717) is 13.1 Å². The average molecular weight is 327 g/mol. The van der Waals surface area contributed by atoms with E-state index < -0.39 is 23.3 Å². The molecule has 2 rings (SSSR count). The van der Waals surface area contributed by atoms with Crippen LogP contribution < -0.4 is 5.32 Å². The molecule has 1 heterocycles. The monoisotopic (exact) mass is 327 g/mol. The molecule has 1 fully saturated rings. The van der Waals surface area contributed by atoms with Crippen LogP contribution in [0.1, 0.15) is 24.0 Å². The minimum atomic E-state index is -4.67. The van der Waals surface area contributed by atoms with E-state index in [-0.39, 0.29) is 18.2 Å². The highest BCUT2D eigenvalue weighted by Gasteiger charge is 2.34. The molecule has 0 aromatic heterocycles. The number of rotatable bonds is 2. The van der Waals surface area contributed by atoms with Gasteiger partial charge in [-0.25, -0.2) is 4.79 Å². The number of aliphatic hydroxyl groups excluding tert-OH is 1. The Kier molecular flexibility index (Phi) is 5.11. The van der Waals surface area contributed by atoms with Crippen molar-refractivity contribution in [2.45, 2.75) is 19.0 Å². The predicted octanol–water partition coefficient (Wildman–Crippen LogP) is 2.81. The van der Waals surface area contributed by atoms with Crippen LogP contribution in [0.3, 0.4) is 0 Å². The van der Waals surface area contributed by atoms with Gasteiger partial charge in [0, 0.05) is 25.4 Å². The fourth-order valence-corrected chi connectivity index (χ4v) is 2.56. The number of aliphatic hydroxyl groups is 1. The molecule has 5 nitrogen and oxygen atoms in total. The van der Waals surface area contributed by atoms with E-state index in [1.807, 2.05) is 0 Å². The molecule has 1 aliphatic heterocycles. The summed E-state index contributed by atoms with van der Waals surface area (Å²) in [4.78, 5) is 13.6. The van der Waals surface area contributed by atoms with Crippen LogP contribution in [-0.4, -0.2) is 35.7 Å². The third kappa shape index (κ3) is 4.13. The van der Waals surface area contributed by atoms with Crippen molar-refractivity contribution in [1.29, 1.82) is 5.26 Å². The molecule has 0 saturated carbocycles. The first-order valence-corrected chi connectivity index (χ1v) is 7.13. The number of hydrogen-bond donors (Lipinski definition) is 2. The van der Waals surface area contributed by atoms with Crippen LogP contribution in [-0.2, 0) is 6.18 Å². The second-order valence-electron chi connectivity index (χ2n) is 5.44. The van der Waals surface area contributed by atoms with Crippen molar-refractivity contribution in [2.24, 2.45) is 5.92 Å². The van der Waals surface area contributed by atoms with E-state index in [9.17, 15) is 18.0 Å². The van der Waals surface area contributed by atoms with Crippen molar-refractivity contribution in [3.8, 4) is 6.07 Å². The first kappa shape index (κ1) is 17.1. The standard InChI is InChI=1S/C15H16F3N3O2/c16-15(17,18)13-6-12(4-3-11(13)7-19)20-14(23)21-5-1-2-10(8-21)9-22/h3-4,6,10,22H,1-2,5,8-9H2,(H,20,23). The van der Waals surface area contributed by atoms with Crippen LogP contribution in [0.5, 0.6) is 0 Å². The maximum Gasteiger partial charge on any atom is 0.417 e. The highest BCUT2D eigenvalue weighted by atomic mass is 19.4. The molecule has 1 aromatic rings. The van der Waals surface area contributed by atoms with Crippen LogP contribution in [0.15, 0.2) is 18.2 Å². The Morgan fingerprint density at radius 3 is 2.83 bits per heavy atom. The summed E-state index contributed by atoms with van der Waals surface area (Å²) in [7, 11) is 0. The fourth-order valence-electron chi connectivity index (χ4n) is 2.56. The number of likely N-dealkylation sites (tertiary alicyclic amines) is 1. The maximum atomic E-state index is 12.9. The molecule has 1 unspecified atom stereocenters. The second-order valence-corrected chi connectivity index (χ2v) is 5.44. The molecule has 2 amide bonds. The van der Waals surface area contributed by atoms with Crippen molar-refractivity contribution in [1.82, 2.24) is 4.90 Å². The minimum absolute atomic E-state index is 0.0128. The van der Waals surface area contributed by atoms with Gasteiger partial charge in [0.05, 0.1) is 17.2 Å². The van der Waals surface area contributed by atoms with E-state index in [0.717, 1.165) is 25.0 Å². The molecule has 1 aliphatic rings. The number of halogens is 3. The fraction of sp³-hybridized carbons (Fsp3) is 0.467. The first-order valence-electron chi connectivity index (χ1n) is 7.13. The van der Waals surface area contributed by atoms with Crippen molar-refractivity contribution < 1.29 is 23.1 Å². The lowest BCUT2D eigenvalue weighted by Gasteiger charge is -2.31. The molecule has 0 bridgehead atoms. The molecule has 8 heteroatoms. The van der Waals surface area contributed by atoms with Gasteiger partial charge in [0.2, 0.25) is 0 Å². The zero-order valence-electron chi connectivity index (χ0n) is 12.2. The second kappa shape index (κ2) is 6.87. The Balaban J connectivity index is 2.14. The number of carbonyl (C=O) groups is 1. The smallest absolute Gasteiger partial charge is 0.396 e. The lowest BCUT2D eigenvalue weighted by molar-refractivity contribution is -0.137. The van der Waals surface area contributed by atoms with E-state index in [1.54, 1.807) is 0 Å². The number of nitriles is 1. The number of alkyl halides is 3. The SMILES string of the molecule is N#Cc1ccc(NC(=O)N2CCCC(CO)C2)cc1C(F)(F)F. The van der Waals surface area contributed by atoms with Gasteiger partial charge in [-0.05, 0) is 37.0 Å². The number of nitrogens with zero attached hydrogens (tertiary/aromatic N) is 2. The number of piperidine rings is 1. The number of nitrogens with one attached hydrogen (secondary N) is 1. The number of urea groups is 1. The van der Waals surface area contributed by atoms with Crippen LogP contribution in [0.2, 0.25) is 0 Å². The molecule has 0 spiro atoms. The highest BCUT2D eigenvalue weighted by Crippen LogP contribution is 2.33. The summed E-state index contributed by atoms with van der Waals surface area (Å²) in [5.74, 6) is -0.0128. The molecule has 0 aliphatic carbocycles. The Morgan fingerprint density at radius 1 is 1.48 bits per heavy atom. The largest absolute Gasteiger partial charge is 0.417 e. The molecule has 23 heavy (non-hydrogen) atoms. The van der Waals surface area contributed by atoms with Gasteiger partial charge in [0.25, 0.3) is 0 Å². The summed E-state index contributed by atoms with van der Waals surface area (Å²) >= 11 is 0. The zero-order chi connectivity index (χ0) is 17.0. The topological polar surface area (TPSA) is 76.4 Å². The third-order valence-electron chi connectivity index (χ3n) is 3.76. The molecule has 1 atom stereocenters. The van der Waals surface area contributed by atoms with Crippen molar-refractivity contribution in [3.63, 3.8) is 0 Å². The van der Waals surface area contributed by atoms with Crippen molar-refractivity contribution >= 4 is 11.7 Å². The van der Waals surface area contributed by atoms with Gasteiger partial charge in [0.1, 0.15) is 0 Å². The molecular weight excluding hydrogens is 311 g/mol. The molecule has 2 N–H and O–H groups in total. The van der Waals surface area contributed by atoms with Crippen LogP contribution >= 0.6 is 0 Å². The predicted molar refractivity (Wildman–Crippen MR) is 76.6 cm³/mol. The lowest BCUT2D eigenvalue weighted by atomic mass is 9.99. The van der Waals surface area contributed by atoms with Crippen LogP contribution in [0, 0.1) is 17.2 Å². The van der Waals surface area contributed by atoms with Gasteiger partial charge in [-0.3, -0.25) is 0 Å². The van der Waals surface area contributed by atoms with Crippen LogP contribution in [0.25, 0.3) is 0 Å². The van der Waals surface area contributed by atoms with E-state index in [4.69, 9.17) is 10.4 Å². The van der Waals surface area contributed by atoms with Crippen molar-refractivity contribution in [3.05, 3.63) is 29.3 Å². The Labute approximate surface area is 131 Å². The average Bonchev–Trinajstić information content (AvgIpc) is 2.54. The molecule has 1 aromatic carbocycles. The van der Waals surface area contributed by atoms with Crippen LogP contribution in [0.4, 0.5) is 23.7 Å². The zero-order valence-corrected chi connectivity index (χ0v) is 12.2. The van der Waals surface area contributed by atoms with E-state index >= 15 is 0 Å². The van der Waals surface area contributed by atoms with Gasteiger partial charge in [-0.2, -0.15) is 18.4 Å². The molecule has 1 saturated heterocycles. The summed E-state index contributed by atoms with van der Waals surface area (Å²) in [6, 6.07) is 4.03. The molecule has 124 valence electrons. The summed E-state index contributed by atoms with van der Waals surface area (Å²) in [6.45, 7) is 0.828. The maximum absolute atomic E-state index is 12.9. The Morgan fingerprint density at radius 2 is 2.22 bits per heavy atom. The summed E-state index contributed by atoms with van der Waals surface area (Å²) < 4.78 is 38.7. The number of benzene rings is 1. The number of carbonyl (C=O) groups excluding carboxylic acids is 1. The minimum Gasteiger partial charge on any atom is -0.396 e. The summed E-state index contributed by atoms with van der Waals surface area (Å²) in [5, 5.41) is 20.3. The van der Waals surface area contributed by atoms with E-state index in [1.165, 1.54) is 17.0 Å². The van der Waals surface area contributed by atoms with Gasteiger partial charge in [-0.15, -0.1) is 0 Å². The number of hydrogen-bond acceptors (Lipinski definition) is 3. The molecular formula is C15H16F3N3O2. The first-order chi connectivity index (χ1) is 10.8. The number of anilines is 1.